The Morgan fingerprint density at radius 3 is 2.42 bits per heavy atom. The number of benzene rings is 3. The lowest BCUT2D eigenvalue weighted by molar-refractivity contribution is -0.137. The van der Waals surface area contributed by atoms with Crippen LogP contribution < -0.4 is 10.2 Å². The highest BCUT2D eigenvalue weighted by Gasteiger charge is 2.17. The summed E-state index contributed by atoms with van der Waals surface area (Å²) in [4.78, 5) is 28.9. The molecule has 1 N–H and O–H groups in total. The van der Waals surface area contributed by atoms with E-state index in [9.17, 15) is 9.59 Å². The Morgan fingerprint density at radius 1 is 0.921 bits per heavy atom. The summed E-state index contributed by atoms with van der Waals surface area (Å²) < 4.78 is 10.9. The van der Waals surface area contributed by atoms with Crippen molar-refractivity contribution in [2.45, 2.75) is 19.5 Å². The van der Waals surface area contributed by atoms with Gasteiger partial charge in [-0.05, 0) is 65.1 Å². The zero-order valence-corrected chi connectivity index (χ0v) is 21.3. The molecule has 1 fully saturated rings. The monoisotopic (exact) mass is 512 g/mol. The number of rotatable bonds is 8. The normalized spacial score (nSPS) is 15.7. The second-order valence-electron chi connectivity index (χ2n) is 9.48. The molecule has 2 aliphatic rings. The fraction of sp³-hybridized carbons (Fsp3) is 0.300. The fourth-order valence-electron chi connectivity index (χ4n) is 4.64. The van der Waals surface area contributed by atoms with Crippen LogP contribution in [0.4, 0.5) is 0 Å². The molecular formula is C30H32N4O4. The molecule has 5 rings (SSSR count). The molecule has 38 heavy (non-hydrogen) atoms. The van der Waals surface area contributed by atoms with Crippen LogP contribution in [0.2, 0.25) is 0 Å². The van der Waals surface area contributed by atoms with Crippen molar-refractivity contribution in [1.82, 2.24) is 15.2 Å². The summed E-state index contributed by atoms with van der Waals surface area (Å²) in [6, 6.07) is 23.5. The average molecular weight is 513 g/mol. The van der Waals surface area contributed by atoms with Crippen LogP contribution in [0.25, 0.3) is 0 Å². The van der Waals surface area contributed by atoms with Gasteiger partial charge in [-0.2, -0.15) is 5.10 Å². The first-order chi connectivity index (χ1) is 18.6. The van der Waals surface area contributed by atoms with E-state index in [2.05, 4.69) is 39.7 Å². The van der Waals surface area contributed by atoms with Gasteiger partial charge in [0.15, 0.2) is 6.61 Å². The topological polar surface area (TPSA) is 83.5 Å². The summed E-state index contributed by atoms with van der Waals surface area (Å²) >= 11 is 0. The summed E-state index contributed by atoms with van der Waals surface area (Å²) in [5.74, 6) is 0.287. The van der Waals surface area contributed by atoms with E-state index in [4.69, 9.17) is 9.47 Å². The van der Waals surface area contributed by atoms with Crippen molar-refractivity contribution >= 4 is 18.0 Å². The van der Waals surface area contributed by atoms with Crippen molar-refractivity contribution in [2.24, 2.45) is 5.10 Å². The van der Waals surface area contributed by atoms with Crippen molar-refractivity contribution < 1.29 is 19.1 Å². The first kappa shape index (κ1) is 25.6. The number of hydrogen-bond donors (Lipinski definition) is 1. The van der Waals surface area contributed by atoms with Gasteiger partial charge in [0, 0.05) is 38.3 Å². The quantitative estimate of drug-likeness (QED) is 0.370. The zero-order chi connectivity index (χ0) is 26.2. The Kier molecular flexibility index (Phi) is 8.42. The molecule has 0 radical (unpaired) electrons. The maximum atomic E-state index is 12.5. The van der Waals surface area contributed by atoms with Crippen molar-refractivity contribution in [3.63, 3.8) is 0 Å². The number of hydrogen-bond acceptors (Lipinski definition) is 6. The van der Waals surface area contributed by atoms with Crippen LogP contribution in [0.1, 0.15) is 32.6 Å². The Hall–Kier alpha value is -4.01. The van der Waals surface area contributed by atoms with Gasteiger partial charge in [-0.1, -0.05) is 36.4 Å². The van der Waals surface area contributed by atoms with Crippen molar-refractivity contribution in [3.05, 3.63) is 101 Å². The van der Waals surface area contributed by atoms with Gasteiger partial charge < -0.3 is 14.4 Å². The number of hydrazone groups is 1. The van der Waals surface area contributed by atoms with E-state index in [0.29, 0.717) is 37.6 Å². The summed E-state index contributed by atoms with van der Waals surface area (Å²) in [6.45, 7) is 5.17. The molecule has 0 unspecified atom stereocenters. The third kappa shape index (κ3) is 6.85. The summed E-state index contributed by atoms with van der Waals surface area (Å²) in [5, 5.41) is 4.07. The third-order valence-electron chi connectivity index (χ3n) is 6.82. The number of carbonyl (C=O) groups is 2. The van der Waals surface area contributed by atoms with Crippen LogP contribution in [0.15, 0.2) is 77.9 Å². The molecule has 8 nitrogen and oxygen atoms in total. The van der Waals surface area contributed by atoms with Gasteiger partial charge in [0.25, 0.3) is 11.8 Å². The maximum absolute atomic E-state index is 12.5. The molecule has 0 saturated carbocycles. The van der Waals surface area contributed by atoms with E-state index < -0.39 is 0 Å². The summed E-state index contributed by atoms with van der Waals surface area (Å²) in [6.07, 6.45) is 2.64. The molecule has 1 saturated heterocycles. The first-order valence-electron chi connectivity index (χ1n) is 12.9. The van der Waals surface area contributed by atoms with Crippen molar-refractivity contribution in [3.8, 4) is 5.75 Å². The van der Waals surface area contributed by atoms with Crippen LogP contribution in [0, 0.1) is 0 Å². The Labute approximate surface area is 222 Å². The van der Waals surface area contributed by atoms with Crippen molar-refractivity contribution in [2.75, 3.05) is 39.5 Å². The van der Waals surface area contributed by atoms with Gasteiger partial charge in [0.1, 0.15) is 5.75 Å². The van der Waals surface area contributed by atoms with Crippen LogP contribution >= 0.6 is 0 Å². The Morgan fingerprint density at radius 2 is 1.66 bits per heavy atom. The number of amides is 2. The standard InChI is InChI=1S/C30H32N4O4/c35-29(34-15-17-37-18-16-34)22-38-28-11-7-23(8-12-28)19-31-32-30(36)26-9-5-24(6-10-26)20-33-14-13-25-3-1-2-4-27(25)21-33/h1-12,19H,13-18,20-22H2,(H,32,36)/b31-19+. The van der Waals surface area contributed by atoms with Crippen molar-refractivity contribution in [1.29, 1.82) is 0 Å². The van der Waals surface area contributed by atoms with E-state index in [1.54, 1.807) is 23.2 Å². The summed E-state index contributed by atoms with van der Waals surface area (Å²) in [5.41, 5.74) is 7.96. The van der Waals surface area contributed by atoms with Crippen LogP contribution in [0.5, 0.6) is 5.75 Å². The van der Waals surface area contributed by atoms with Gasteiger partial charge in [0.2, 0.25) is 0 Å². The predicted octanol–water partition coefficient (Wildman–Crippen LogP) is 3.25. The SMILES string of the molecule is O=C(N/N=C/c1ccc(OCC(=O)N2CCOCC2)cc1)c1ccc(CN2CCc3ccccc3C2)cc1. The maximum Gasteiger partial charge on any atom is 0.271 e. The molecule has 0 atom stereocenters. The highest BCUT2D eigenvalue weighted by molar-refractivity contribution is 5.94. The lowest BCUT2D eigenvalue weighted by atomic mass is 9.99. The molecule has 0 aliphatic carbocycles. The molecule has 0 spiro atoms. The Balaban J connectivity index is 1.06. The molecule has 0 aromatic heterocycles. The van der Waals surface area contributed by atoms with Crippen LogP contribution in [-0.4, -0.2) is 67.3 Å². The highest BCUT2D eigenvalue weighted by Crippen LogP contribution is 2.20. The van der Waals surface area contributed by atoms with Crippen LogP contribution in [0.3, 0.4) is 0 Å². The molecule has 196 valence electrons. The third-order valence-corrected chi connectivity index (χ3v) is 6.82. The highest BCUT2D eigenvalue weighted by atomic mass is 16.5. The number of carbonyl (C=O) groups excluding carboxylic acids is 2. The van der Waals surface area contributed by atoms with E-state index in [1.165, 1.54) is 16.7 Å². The van der Waals surface area contributed by atoms with E-state index in [1.807, 2.05) is 36.4 Å². The van der Waals surface area contributed by atoms with Gasteiger partial charge in [-0.15, -0.1) is 0 Å². The molecule has 2 aliphatic heterocycles. The van der Waals surface area contributed by atoms with E-state index in [0.717, 1.165) is 31.6 Å². The molecule has 2 heterocycles. The molecule has 8 heteroatoms. The second kappa shape index (κ2) is 12.5. The van der Waals surface area contributed by atoms with E-state index >= 15 is 0 Å². The van der Waals surface area contributed by atoms with Gasteiger partial charge in [0.05, 0.1) is 19.4 Å². The molecule has 3 aromatic rings. The van der Waals surface area contributed by atoms with Gasteiger partial charge in [-0.25, -0.2) is 5.43 Å². The minimum Gasteiger partial charge on any atom is -0.484 e. The number of morpholine rings is 1. The molecule has 2 amide bonds. The lowest BCUT2D eigenvalue weighted by Crippen LogP contribution is -2.42. The van der Waals surface area contributed by atoms with E-state index in [-0.39, 0.29) is 18.4 Å². The van der Waals surface area contributed by atoms with Gasteiger partial charge >= 0.3 is 0 Å². The number of ether oxygens (including phenoxy) is 2. The molecule has 0 bridgehead atoms. The second-order valence-corrected chi connectivity index (χ2v) is 9.48. The summed E-state index contributed by atoms with van der Waals surface area (Å²) in [7, 11) is 0. The molecular weight excluding hydrogens is 480 g/mol. The Bertz CT molecular complexity index is 1270. The number of nitrogens with zero attached hydrogens (tertiary/aromatic N) is 3. The zero-order valence-electron chi connectivity index (χ0n) is 21.3. The largest absolute Gasteiger partial charge is 0.484 e. The average Bonchev–Trinajstić information content (AvgIpc) is 2.97. The minimum absolute atomic E-state index is 0.00568. The number of nitrogens with one attached hydrogen (secondary N) is 1. The lowest BCUT2D eigenvalue weighted by Gasteiger charge is -2.28. The van der Waals surface area contributed by atoms with Gasteiger partial charge in [-0.3, -0.25) is 14.5 Å². The smallest absolute Gasteiger partial charge is 0.271 e. The fourth-order valence-corrected chi connectivity index (χ4v) is 4.64. The number of fused-ring (bicyclic) bond motifs is 1. The molecule has 3 aromatic carbocycles. The van der Waals surface area contributed by atoms with Crippen LogP contribution in [-0.2, 0) is 29.0 Å². The first-order valence-corrected chi connectivity index (χ1v) is 12.9. The predicted molar refractivity (Wildman–Crippen MR) is 145 cm³/mol. The minimum atomic E-state index is -0.263.